The number of ether oxygens (including phenoxy) is 2. The van der Waals surface area contributed by atoms with Crippen LogP contribution in [-0.4, -0.2) is 24.3 Å². The molecule has 4 nitrogen and oxygen atoms in total. The van der Waals surface area contributed by atoms with Crippen molar-refractivity contribution in [3.63, 3.8) is 0 Å². The topological polar surface area (TPSA) is 55.1 Å². The Morgan fingerprint density at radius 3 is 2.88 bits per heavy atom. The summed E-state index contributed by atoms with van der Waals surface area (Å²) >= 11 is 0. The Bertz CT molecular complexity index is 383. The van der Waals surface area contributed by atoms with E-state index in [9.17, 15) is 0 Å². The third kappa shape index (κ3) is 3.52. The molecule has 0 saturated carbocycles. The SMILES string of the molecule is COC(C)(C)CCOc1ncccc1C#N. The van der Waals surface area contributed by atoms with Gasteiger partial charge < -0.3 is 9.47 Å². The molecule has 16 heavy (non-hydrogen) atoms. The Balaban J connectivity index is 2.53. The minimum atomic E-state index is -0.221. The van der Waals surface area contributed by atoms with Gasteiger partial charge in [-0.25, -0.2) is 4.98 Å². The lowest BCUT2D eigenvalue weighted by atomic mass is 10.1. The van der Waals surface area contributed by atoms with Crippen LogP contribution in [0.5, 0.6) is 5.88 Å². The predicted molar refractivity (Wildman–Crippen MR) is 60.2 cm³/mol. The number of hydrogen-bond acceptors (Lipinski definition) is 4. The fourth-order valence-corrected chi connectivity index (χ4v) is 1.09. The van der Waals surface area contributed by atoms with Crippen LogP contribution in [0.4, 0.5) is 0 Å². The zero-order valence-corrected chi connectivity index (χ0v) is 9.86. The van der Waals surface area contributed by atoms with Crippen LogP contribution in [0.25, 0.3) is 0 Å². The van der Waals surface area contributed by atoms with Gasteiger partial charge in [-0.15, -0.1) is 0 Å². The first kappa shape index (κ1) is 12.5. The Labute approximate surface area is 95.8 Å². The first-order chi connectivity index (χ1) is 7.59. The molecule has 0 aliphatic heterocycles. The lowest BCUT2D eigenvalue weighted by Gasteiger charge is -2.22. The maximum absolute atomic E-state index is 8.83. The molecule has 4 heteroatoms. The number of nitrogens with zero attached hydrogens (tertiary/aromatic N) is 2. The van der Waals surface area contributed by atoms with Crippen molar-refractivity contribution in [1.82, 2.24) is 4.98 Å². The monoisotopic (exact) mass is 220 g/mol. The molecule has 0 spiro atoms. The van der Waals surface area contributed by atoms with Gasteiger partial charge in [-0.2, -0.15) is 5.26 Å². The maximum Gasteiger partial charge on any atom is 0.231 e. The summed E-state index contributed by atoms with van der Waals surface area (Å²) < 4.78 is 10.7. The second-order valence-electron chi connectivity index (χ2n) is 4.03. The van der Waals surface area contributed by atoms with Gasteiger partial charge in [0.15, 0.2) is 0 Å². The van der Waals surface area contributed by atoms with Gasteiger partial charge in [0.05, 0.1) is 12.2 Å². The molecule has 0 bridgehead atoms. The third-order valence-electron chi connectivity index (χ3n) is 2.39. The lowest BCUT2D eigenvalue weighted by molar-refractivity contribution is 0.00506. The van der Waals surface area contributed by atoms with Crippen LogP contribution >= 0.6 is 0 Å². The largest absolute Gasteiger partial charge is 0.477 e. The fraction of sp³-hybridized carbons (Fsp3) is 0.500. The third-order valence-corrected chi connectivity index (χ3v) is 2.39. The van der Waals surface area contributed by atoms with Gasteiger partial charge in [-0.05, 0) is 26.0 Å². The normalized spacial score (nSPS) is 10.9. The van der Waals surface area contributed by atoms with Crippen molar-refractivity contribution in [3.8, 4) is 11.9 Å². The van der Waals surface area contributed by atoms with E-state index in [0.29, 0.717) is 18.1 Å². The molecule has 0 N–H and O–H groups in total. The Hall–Kier alpha value is -1.60. The first-order valence-electron chi connectivity index (χ1n) is 5.12. The van der Waals surface area contributed by atoms with Crippen molar-refractivity contribution in [3.05, 3.63) is 23.9 Å². The number of pyridine rings is 1. The maximum atomic E-state index is 8.83. The predicted octanol–water partition coefficient (Wildman–Crippen LogP) is 2.15. The van der Waals surface area contributed by atoms with Gasteiger partial charge in [0.2, 0.25) is 5.88 Å². The highest BCUT2D eigenvalue weighted by atomic mass is 16.5. The molecule has 1 heterocycles. The van der Waals surface area contributed by atoms with Crippen molar-refractivity contribution in [1.29, 1.82) is 5.26 Å². The van der Waals surface area contributed by atoms with E-state index in [1.54, 1.807) is 25.4 Å². The molecule has 0 aromatic carbocycles. The van der Waals surface area contributed by atoms with Crippen molar-refractivity contribution < 1.29 is 9.47 Å². The van der Waals surface area contributed by atoms with Crippen LogP contribution in [0, 0.1) is 11.3 Å². The highest BCUT2D eigenvalue weighted by molar-refractivity contribution is 5.36. The van der Waals surface area contributed by atoms with Crippen LogP contribution in [0.2, 0.25) is 0 Å². The number of nitriles is 1. The van der Waals surface area contributed by atoms with Crippen LogP contribution < -0.4 is 4.74 Å². The Morgan fingerprint density at radius 1 is 1.50 bits per heavy atom. The average Bonchev–Trinajstić information content (AvgIpc) is 2.29. The van der Waals surface area contributed by atoms with E-state index in [1.165, 1.54) is 0 Å². The first-order valence-corrected chi connectivity index (χ1v) is 5.12. The standard InChI is InChI=1S/C12H16N2O2/c1-12(2,15-3)6-8-16-11-10(9-13)5-4-7-14-11/h4-5,7H,6,8H2,1-3H3. The second kappa shape index (κ2) is 5.47. The van der Waals surface area contributed by atoms with Gasteiger partial charge in [0.1, 0.15) is 11.6 Å². The number of rotatable bonds is 5. The second-order valence-corrected chi connectivity index (χ2v) is 4.03. The van der Waals surface area contributed by atoms with E-state index < -0.39 is 0 Å². The fourth-order valence-electron chi connectivity index (χ4n) is 1.09. The number of methoxy groups -OCH3 is 1. The Morgan fingerprint density at radius 2 is 2.25 bits per heavy atom. The molecule has 1 aromatic rings. The van der Waals surface area contributed by atoms with Crippen molar-refractivity contribution in [2.45, 2.75) is 25.9 Å². The number of aromatic nitrogens is 1. The molecule has 86 valence electrons. The highest BCUT2D eigenvalue weighted by Gasteiger charge is 2.16. The molecular weight excluding hydrogens is 204 g/mol. The Kier molecular flexibility index (Phi) is 4.27. The van der Waals surface area contributed by atoms with E-state index in [4.69, 9.17) is 14.7 Å². The summed E-state index contributed by atoms with van der Waals surface area (Å²) in [6, 6.07) is 5.44. The zero-order valence-electron chi connectivity index (χ0n) is 9.86. The molecule has 0 atom stereocenters. The molecule has 0 aliphatic carbocycles. The smallest absolute Gasteiger partial charge is 0.231 e. The van der Waals surface area contributed by atoms with Gasteiger partial charge in [0.25, 0.3) is 0 Å². The van der Waals surface area contributed by atoms with E-state index in [2.05, 4.69) is 4.98 Å². The summed E-state index contributed by atoms with van der Waals surface area (Å²) in [5, 5.41) is 8.83. The van der Waals surface area contributed by atoms with E-state index in [-0.39, 0.29) is 5.60 Å². The van der Waals surface area contributed by atoms with Crippen molar-refractivity contribution in [2.75, 3.05) is 13.7 Å². The lowest BCUT2D eigenvalue weighted by Crippen LogP contribution is -2.25. The molecule has 0 fully saturated rings. The summed E-state index contributed by atoms with van der Waals surface area (Å²) in [5.41, 5.74) is 0.236. The minimum Gasteiger partial charge on any atom is -0.477 e. The van der Waals surface area contributed by atoms with E-state index in [1.807, 2.05) is 19.9 Å². The van der Waals surface area contributed by atoms with Gasteiger partial charge in [-0.3, -0.25) is 0 Å². The molecule has 1 rings (SSSR count). The van der Waals surface area contributed by atoms with Gasteiger partial charge in [-0.1, -0.05) is 0 Å². The van der Waals surface area contributed by atoms with Crippen LogP contribution in [-0.2, 0) is 4.74 Å². The molecular formula is C12H16N2O2. The zero-order chi connectivity index (χ0) is 12.0. The summed E-state index contributed by atoms with van der Waals surface area (Å²) in [6.45, 7) is 4.45. The molecule has 0 radical (unpaired) electrons. The summed E-state index contributed by atoms with van der Waals surface area (Å²) in [4.78, 5) is 4.01. The number of hydrogen-bond donors (Lipinski definition) is 0. The summed E-state index contributed by atoms with van der Waals surface area (Å²) in [6.07, 6.45) is 2.35. The van der Waals surface area contributed by atoms with Crippen molar-refractivity contribution in [2.24, 2.45) is 0 Å². The van der Waals surface area contributed by atoms with Crippen LogP contribution in [0.3, 0.4) is 0 Å². The molecule has 0 amide bonds. The average molecular weight is 220 g/mol. The van der Waals surface area contributed by atoms with Crippen LogP contribution in [0.1, 0.15) is 25.8 Å². The molecule has 0 unspecified atom stereocenters. The van der Waals surface area contributed by atoms with E-state index >= 15 is 0 Å². The summed E-state index contributed by atoms with van der Waals surface area (Å²) in [7, 11) is 1.67. The highest BCUT2D eigenvalue weighted by Crippen LogP contribution is 2.16. The van der Waals surface area contributed by atoms with Gasteiger partial charge >= 0.3 is 0 Å². The van der Waals surface area contributed by atoms with Gasteiger partial charge in [0, 0.05) is 19.7 Å². The quantitative estimate of drug-likeness (QED) is 0.763. The minimum absolute atomic E-state index is 0.221. The summed E-state index contributed by atoms with van der Waals surface area (Å²) in [5.74, 6) is 0.386. The van der Waals surface area contributed by atoms with Crippen LogP contribution in [0.15, 0.2) is 18.3 Å². The van der Waals surface area contributed by atoms with E-state index in [0.717, 1.165) is 6.42 Å². The molecule has 0 aliphatic rings. The molecule has 0 saturated heterocycles. The molecule has 1 aromatic heterocycles. The van der Waals surface area contributed by atoms with Crippen molar-refractivity contribution >= 4 is 0 Å².